The van der Waals surface area contributed by atoms with Crippen LogP contribution in [0.4, 0.5) is 0 Å². The number of halogens is 1. The van der Waals surface area contributed by atoms with E-state index in [4.69, 9.17) is 0 Å². The maximum atomic E-state index is 12.0. The van der Waals surface area contributed by atoms with Gasteiger partial charge in [0, 0.05) is 5.54 Å². The first-order valence-electron chi connectivity index (χ1n) is 6.24. The number of benzene rings is 1. The van der Waals surface area contributed by atoms with Crippen LogP contribution in [0.5, 0.6) is 0 Å². The maximum absolute atomic E-state index is 12.0. The summed E-state index contributed by atoms with van der Waals surface area (Å²) in [6.07, 6.45) is 2.49. The van der Waals surface area contributed by atoms with E-state index >= 15 is 0 Å². The topological polar surface area (TPSA) is 41.1 Å². The number of carbonyl (C=O) groups excluding carboxylic acids is 1. The molecule has 3 nitrogen and oxygen atoms in total. The van der Waals surface area contributed by atoms with Crippen molar-refractivity contribution in [3.05, 3.63) is 35.9 Å². The Morgan fingerprint density at radius 2 is 1.89 bits per heavy atom. The fourth-order valence-electron chi connectivity index (χ4n) is 2.27. The number of rotatable bonds is 3. The van der Waals surface area contributed by atoms with E-state index in [9.17, 15) is 4.79 Å². The Hall–Kier alpha value is -1.06. The lowest BCUT2D eigenvalue weighted by atomic mass is 9.90. The Balaban J connectivity index is 0.00000162. The Labute approximate surface area is 115 Å². The van der Waals surface area contributed by atoms with Gasteiger partial charge in [-0.25, -0.2) is 0 Å². The molecule has 0 spiro atoms. The van der Waals surface area contributed by atoms with Crippen LogP contribution in [0.2, 0.25) is 0 Å². The molecule has 1 heterocycles. The average Bonchev–Trinajstić information content (AvgIpc) is 2.30. The van der Waals surface area contributed by atoms with Crippen LogP contribution in [-0.2, 0) is 11.2 Å². The van der Waals surface area contributed by atoms with Crippen LogP contribution in [0.3, 0.4) is 0 Å². The molecule has 0 atom stereocenters. The summed E-state index contributed by atoms with van der Waals surface area (Å²) in [5.41, 5.74) is 1.04. The van der Waals surface area contributed by atoms with Gasteiger partial charge in [-0.1, -0.05) is 30.3 Å². The van der Waals surface area contributed by atoms with Crippen LogP contribution in [0.25, 0.3) is 0 Å². The summed E-state index contributed by atoms with van der Waals surface area (Å²) in [5, 5.41) is 6.48. The lowest BCUT2D eigenvalue weighted by Crippen LogP contribution is -2.52. The minimum Gasteiger partial charge on any atom is -0.351 e. The van der Waals surface area contributed by atoms with Gasteiger partial charge in [0.25, 0.3) is 0 Å². The van der Waals surface area contributed by atoms with Crippen molar-refractivity contribution < 1.29 is 4.79 Å². The molecule has 1 amide bonds. The fourth-order valence-corrected chi connectivity index (χ4v) is 2.27. The van der Waals surface area contributed by atoms with E-state index in [1.165, 1.54) is 0 Å². The summed E-state index contributed by atoms with van der Waals surface area (Å²) in [4.78, 5) is 12.0. The number of nitrogens with one attached hydrogen (secondary N) is 2. The van der Waals surface area contributed by atoms with Crippen molar-refractivity contribution in [3.63, 3.8) is 0 Å². The molecule has 100 valence electrons. The molecule has 0 saturated carbocycles. The van der Waals surface area contributed by atoms with E-state index in [1.807, 2.05) is 30.3 Å². The first-order chi connectivity index (χ1) is 8.18. The molecule has 1 aromatic rings. The molecular formula is C14H21ClN2O. The smallest absolute Gasteiger partial charge is 0.224 e. The van der Waals surface area contributed by atoms with Crippen LogP contribution < -0.4 is 10.6 Å². The second-order valence-electron chi connectivity index (χ2n) is 5.02. The Bertz CT molecular complexity index is 375. The maximum Gasteiger partial charge on any atom is 0.224 e. The molecule has 2 rings (SSSR count). The van der Waals surface area contributed by atoms with Crippen molar-refractivity contribution in [2.45, 2.75) is 31.7 Å². The SMILES string of the molecule is CC1(NC(=O)Cc2ccccc2)CCNCC1.Cl. The molecule has 1 aromatic carbocycles. The first kappa shape index (κ1) is 15.0. The molecule has 0 radical (unpaired) electrons. The second-order valence-corrected chi connectivity index (χ2v) is 5.02. The van der Waals surface area contributed by atoms with Gasteiger partial charge in [0.2, 0.25) is 5.91 Å². The van der Waals surface area contributed by atoms with E-state index in [2.05, 4.69) is 17.6 Å². The van der Waals surface area contributed by atoms with Gasteiger partial charge in [0.1, 0.15) is 0 Å². The third kappa shape index (κ3) is 4.31. The highest BCUT2D eigenvalue weighted by molar-refractivity contribution is 5.85. The van der Waals surface area contributed by atoms with Crippen LogP contribution in [0.1, 0.15) is 25.3 Å². The molecule has 1 aliphatic rings. The molecule has 0 aliphatic carbocycles. The molecule has 0 bridgehead atoms. The van der Waals surface area contributed by atoms with Crippen LogP contribution in [-0.4, -0.2) is 24.5 Å². The average molecular weight is 269 g/mol. The standard InChI is InChI=1S/C14H20N2O.ClH/c1-14(7-9-15-10-8-14)16-13(17)11-12-5-3-2-4-6-12;/h2-6,15H,7-11H2,1H3,(H,16,17);1H. The molecule has 2 N–H and O–H groups in total. The first-order valence-corrected chi connectivity index (χ1v) is 6.24. The van der Waals surface area contributed by atoms with Crippen molar-refractivity contribution in [1.29, 1.82) is 0 Å². The largest absolute Gasteiger partial charge is 0.351 e. The van der Waals surface area contributed by atoms with Gasteiger partial charge in [-0.3, -0.25) is 4.79 Å². The van der Waals surface area contributed by atoms with E-state index in [-0.39, 0.29) is 23.9 Å². The monoisotopic (exact) mass is 268 g/mol. The minimum absolute atomic E-state index is 0. The van der Waals surface area contributed by atoms with Gasteiger partial charge >= 0.3 is 0 Å². The Morgan fingerprint density at radius 3 is 2.50 bits per heavy atom. The quantitative estimate of drug-likeness (QED) is 0.879. The zero-order chi connectivity index (χ0) is 12.1. The normalized spacial score (nSPS) is 17.6. The third-order valence-electron chi connectivity index (χ3n) is 3.36. The molecule has 0 aromatic heterocycles. The molecular weight excluding hydrogens is 248 g/mol. The van der Waals surface area contributed by atoms with Crippen LogP contribution in [0.15, 0.2) is 30.3 Å². The zero-order valence-electron chi connectivity index (χ0n) is 10.7. The zero-order valence-corrected chi connectivity index (χ0v) is 11.6. The highest BCUT2D eigenvalue weighted by Crippen LogP contribution is 2.17. The molecule has 0 unspecified atom stereocenters. The van der Waals surface area contributed by atoms with E-state index in [0.717, 1.165) is 31.5 Å². The fraction of sp³-hybridized carbons (Fsp3) is 0.500. The number of piperidine rings is 1. The second kappa shape index (κ2) is 6.76. The van der Waals surface area contributed by atoms with E-state index < -0.39 is 0 Å². The highest BCUT2D eigenvalue weighted by atomic mass is 35.5. The van der Waals surface area contributed by atoms with Crippen molar-refractivity contribution in [1.82, 2.24) is 10.6 Å². The van der Waals surface area contributed by atoms with Gasteiger partial charge < -0.3 is 10.6 Å². The van der Waals surface area contributed by atoms with Crippen molar-refractivity contribution >= 4 is 18.3 Å². The Kier molecular flexibility index (Phi) is 5.63. The summed E-state index contributed by atoms with van der Waals surface area (Å²) in [6.45, 7) is 4.11. The minimum atomic E-state index is -0.0306. The summed E-state index contributed by atoms with van der Waals surface area (Å²) >= 11 is 0. The van der Waals surface area contributed by atoms with Crippen molar-refractivity contribution in [3.8, 4) is 0 Å². The lowest BCUT2D eigenvalue weighted by molar-refractivity contribution is -0.122. The molecule has 18 heavy (non-hydrogen) atoms. The van der Waals surface area contributed by atoms with Gasteiger partial charge in [0.05, 0.1) is 6.42 Å². The molecule has 1 saturated heterocycles. The molecule has 4 heteroatoms. The number of hydrogen-bond acceptors (Lipinski definition) is 2. The van der Waals surface area contributed by atoms with Crippen molar-refractivity contribution in [2.75, 3.05) is 13.1 Å². The highest BCUT2D eigenvalue weighted by Gasteiger charge is 2.27. The summed E-state index contributed by atoms with van der Waals surface area (Å²) in [6, 6.07) is 9.88. The number of carbonyl (C=O) groups is 1. The van der Waals surface area contributed by atoms with Gasteiger partial charge in [-0.15, -0.1) is 12.4 Å². The summed E-state index contributed by atoms with van der Waals surface area (Å²) in [7, 11) is 0. The number of hydrogen-bond donors (Lipinski definition) is 2. The molecule has 1 fully saturated rings. The lowest BCUT2D eigenvalue weighted by Gasteiger charge is -2.35. The summed E-state index contributed by atoms with van der Waals surface area (Å²) < 4.78 is 0. The van der Waals surface area contributed by atoms with Gasteiger partial charge in [-0.05, 0) is 38.4 Å². The van der Waals surface area contributed by atoms with E-state index in [0.29, 0.717) is 6.42 Å². The van der Waals surface area contributed by atoms with Crippen LogP contribution in [0, 0.1) is 0 Å². The third-order valence-corrected chi connectivity index (χ3v) is 3.36. The Morgan fingerprint density at radius 1 is 1.28 bits per heavy atom. The molecule has 1 aliphatic heterocycles. The van der Waals surface area contributed by atoms with E-state index in [1.54, 1.807) is 0 Å². The summed E-state index contributed by atoms with van der Waals surface area (Å²) in [5.74, 6) is 0.126. The number of amides is 1. The predicted molar refractivity (Wildman–Crippen MR) is 76.0 cm³/mol. The van der Waals surface area contributed by atoms with Crippen molar-refractivity contribution in [2.24, 2.45) is 0 Å². The predicted octanol–water partition coefficient (Wildman–Crippen LogP) is 1.91. The van der Waals surface area contributed by atoms with Crippen LogP contribution >= 0.6 is 12.4 Å². The van der Waals surface area contributed by atoms with Gasteiger partial charge in [-0.2, -0.15) is 0 Å². The van der Waals surface area contributed by atoms with Gasteiger partial charge in [0.15, 0.2) is 0 Å².